The summed E-state index contributed by atoms with van der Waals surface area (Å²) in [6.07, 6.45) is 0. The second-order valence-corrected chi connectivity index (χ2v) is 5.85. The lowest BCUT2D eigenvalue weighted by Crippen LogP contribution is -2.24. The van der Waals surface area contributed by atoms with Crippen LogP contribution in [0, 0.1) is 13.8 Å². The predicted octanol–water partition coefficient (Wildman–Crippen LogP) is 3.71. The number of carbonyl (C=O) groups excluding carboxylic acids is 1. The first kappa shape index (κ1) is 14.7. The molecule has 0 aliphatic carbocycles. The zero-order valence-corrected chi connectivity index (χ0v) is 12.7. The Morgan fingerprint density at radius 2 is 1.80 bits per heavy atom. The number of hydrogen-bond donors (Lipinski definition) is 1. The Hall–Kier alpha value is -1.74. The first-order chi connectivity index (χ1) is 9.65. The zero-order chi connectivity index (χ0) is 14.4. The molecule has 0 aliphatic heterocycles. The van der Waals surface area contributed by atoms with Crippen LogP contribution >= 0.6 is 11.8 Å². The molecule has 2 nitrogen and oxygen atoms in total. The van der Waals surface area contributed by atoms with E-state index in [1.165, 1.54) is 11.1 Å². The maximum atomic E-state index is 11.8. The minimum absolute atomic E-state index is 0.0667. The van der Waals surface area contributed by atoms with Crippen LogP contribution < -0.4 is 5.32 Å². The molecule has 104 valence electrons. The van der Waals surface area contributed by atoms with E-state index in [0.717, 1.165) is 10.5 Å². The number of amides is 1. The van der Waals surface area contributed by atoms with Gasteiger partial charge in [0.05, 0.1) is 5.75 Å². The van der Waals surface area contributed by atoms with E-state index in [9.17, 15) is 4.79 Å². The highest BCUT2D eigenvalue weighted by molar-refractivity contribution is 8.00. The van der Waals surface area contributed by atoms with Crippen LogP contribution in [0.3, 0.4) is 0 Å². The highest BCUT2D eigenvalue weighted by Gasteiger charge is 2.03. The molecule has 0 unspecified atom stereocenters. The van der Waals surface area contributed by atoms with Crippen molar-refractivity contribution in [3.05, 3.63) is 65.2 Å². The molecular weight excluding hydrogens is 266 g/mol. The summed E-state index contributed by atoms with van der Waals surface area (Å²) >= 11 is 1.57. The van der Waals surface area contributed by atoms with E-state index < -0.39 is 0 Å². The maximum absolute atomic E-state index is 11.8. The van der Waals surface area contributed by atoms with Crippen molar-refractivity contribution in [1.29, 1.82) is 0 Å². The van der Waals surface area contributed by atoms with E-state index in [1.807, 2.05) is 30.3 Å². The third kappa shape index (κ3) is 4.42. The van der Waals surface area contributed by atoms with Crippen LogP contribution in [0.15, 0.2) is 53.4 Å². The Kier molecular flexibility index (Phi) is 5.24. The molecular formula is C17H19NOS. The Morgan fingerprint density at radius 1 is 1.05 bits per heavy atom. The fourth-order valence-electron chi connectivity index (χ4n) is 1.80. The van der Waals surface area contributed by atoms with Crippen molar-refractivity contribution >= 4 is 17.7 Å². The number of thioether (sulfide) groups is 1. The van der Waals surface area contributed by atoms with E-state index in [2.05, 4.69) is 37.4 Å². The van der Waals surface area contributed by atoms with Gasteiger partial charge in [0.2, 0.25) is 5.91 Å². The minimum Gasteiger partial charge on any atom is -0.351 e. The molecule has 0 fully saturated rings. The van der Waals surface area contributed by atoms with Gasteiger partial charge in [0, 0.05) is 11.4 Å². The van der Waals surface area contributed by atoms with Crippen LogP contribution in [0.2, 0.25) is 0 Å². The molecule has 0 aromatic heterocycles. The van der Waals surface area contributed by atoms with Crippen LogP contribution in [-0.4, -0.2) is 11.7 Å². The molecule has 0 heterocycles. The molecule has 2 aromatic rings. The molecule has 0 aliphatic rings. The van der Waals surface area contributed by atoms with E-state index in [4.69, 9.17) is 0 Å². The lowest BCUT2D eigenvalue weighted by atomic mass is 10.1. The quantitative estimate of drug-likeness (QED) is 0.848. The number of nitrogens with one attached hydrogen (secondary N) is 1. The molecule has 0 radical (unpaired) electrons. The monoisotopic (exact) mass is 285 g/mol. The van der Waals surface area contributed by atoms with Gasteiger partial charge in [-0.25, -0.2) is 0 Å². The maximum Gasteiger partial charge on any atom is 0.230 e. The summed E-state index contributed by atoms with van der Waals surface area (Å²) in [6.45, 7) is 4.78. The Morgan fingerprint density at radius 3 is 2.50 bits per heavy atom. The second kappa shape index (κ2) is 7.15. The first-order valence-electron chi connectivity index (χ1n) is 6.66. The average Bonchev–Trinajstić information content (AvgIpc) is 2.47. The van der Waals surface area contributed by atoms with E-state index in [1.54, 1.807) is 11.8 Å². The molecule has 2 aromatic carbocycles. The van der Waals surface area contributed by atoms with Gasteiger partial charge in [-0.3, -0.25) is 4.79 Å². The van der Waals surface area contributed by atoms with Crippen LogP contribution in [0.25, 0.3) is 0 Å². The van der Waals surface area contributed by atoms with Crippen molar-refractivity contribution in [2.24, 2.45) is 0 Å². The molecule has 20 heavy (non-hydrogen) atoms. The molecule has 0 saturated carbocycles. The second-order valence-electron chi connectivity index (χ2n) is 4.80. The highest BCUT2D eigenvalue weighted by atomic mass is 32.2. The van der Waals surface area contributed by atoms with Crippen LogP contribution in [-0.2, 0) is 11.3 Å². The van der Waals surface area contributed by atoms with Crippen LogP contribution in [0.5, 0.6) is 0 Å². The van der Waals surface area contributed by atoms with Gasteiger partial charge in [0.15, 0.2) is 0 Å². The largest absolute Gasteiger partial charge is 0.351 e. The standard InChI is InChI=1S/C17H19NOS/c1-13-8-9-16(10-14(13)2)20-12-17(19)18-11-15-6-4-3-5-7-15/h3-10H,11-12H2,1-2H3,(H,18,19). The highest BCUT2D eigenvalue weighted by Crippen LogP contribution is 2.20. The van der Waals surface area contributed by atoms with Crippen molar-refractivity contribution in [1.82, 2.24) is 5.32 Å². The van der Waals surface area contributed by atoms with Gasteiger partial charge in [0.25, 0.3) is 0 Å². The molecule has 2 rings (SSSR count). The van der Waals surface area contributed by atoms with Gasteiger partial charge < -0.3 is 5.32 Å². The van der Waals surface area contributed by atoms with Crippen molar-refractivity contribution in [3.63, 3.8) is 0 Å². The topological polar surface area (TPSA) is 29.1 Å². The fourth-order valence-corrected chi connectivity index (χ4v) is 2.62. The van der Waals surface area contributed by atoms with E-state index in [0.29, 0.717) is 12.3 Å². The van der Waals surface area contributed by atoms with E-state index >= 15 is 0 Å². The van der Waals surface area contributed by atoms with E-state index in [-0.39, 0.29) is 5.91 Å². The number of hydrogen-bond acceptors (Lipinski definition) is 2. The SMILES string of the molecule is Cc1ccc(SCC(=O)NCc2ccccc2)cc1C. The van der Waals surface area contributed by atoms with Crippen molar-refractivity contribution in [3.8, 4) is 0 Å². The Bertz CT molecular complexity index is 581. The van der Waals surface area contributed by atoms with Crippen molar-refractivity contribution < 1.29 is 4.79 Å². The lowest BCUT2D eigenvalue weighted by molar-refractivity contribution is -0.118. The Balaban J connectivity index is 1.79. The summed E-state index contributed by atoms with van der Waals surface area (Å²) in [4.78, 5) is 13.0. The summed E-state index contributed by atoms with van der Waals surface area (Å²) in [5.74, 6) is 0.520. The van der Waals surface area contributed by atoms with Gasteiger partial charge in [-0.1, -0.05) is 36.4 Å². The zero-order valence-electron chi connectivity index (χ0n) is 11.8. The average molecular weight is 285 g/mol. The number of aryl methyl sites for hydroxylation is 2. The summed E-state index contributed by atoms with van der Waals surface area (Å²) in [5.41, 5.74) is 3.67. The van der Waals surface area contributed by atoms with Gasteiger partial charge in [-0.05, 0) is 42.7 Å². The molecule has 0 bridgehead atoms. The lowest BCUT2D eigenvalue weighted by Gasteiger charge is -2.07. The van der Waals surface area contributed by atoms with Crippen molar-refractivity contribution in [2.75, 3.05) is 5.75 Å². The van der Waals surface area contributed by atoms with Gasteiger partial charge in [0.1, 0.15) is 0 Å². The molecule has 3 heteroatoms. The number of benzene rings is 2. The van der Waals surface area contributed by atoms with Crippen LogP contribution in [0.4, 0.5) is 0 Å². The summed E-state index contributed by atoms with van der Waals surface area (Å²) in [7, 11) is 0. The molecule has 1 N–H and O–H groups in total. The van der Waals surface area contributed by atoms with Gasteiger partial charge >= 0.3 is 0 Å². The first-order valence-corrected chi connectivity index (χ1v) is 7.64. The van der Waals surface area contributed by atoms with Gasteiger partial charge in [-0.15, -0.1) is 11.8 Å². The molecule has 1 amide bonds. The third-order valence-corrected chi connectivity index (χ3v) is 4.17. The molecule has 0 atom stereocenters. The third-order valence-electron chi connectivity index (χ3n) is 3.18. The Labute approximate surface area is 124 Å². The predicted molar refractivity (Wildman–Crippen MR) is 84.9 cm³/mol. The molecule has 0 spiro atoms. The smallest absolute Gasteiger partial charge is 0.230 e. The number of carbonyl (C=O) groups is 1. The van der Waals surface area contributed by atoms with Crippen LogP contribution in [0.1, 0.15) is 16.7 Å². The minimum atomic E-state index is 0.0667. The summed E-state index contributed by atoms with van der Waals surface area (Å²) in [5, 5.41) is 2.94. The fraction of sp³-hybridized carbons (Fsp3) is 0.235. The van der Waals surface area contributed by atoms with Gasteiger partial charge in [-0.2, -0.15) is 0 Å². The normalized spacial score (nSPS) is 10.3. The number of rotatable bonds is 5. The summed E-state index contributed by atoms with van der Waals surface area (Å²) in [6, 6.07) is 16.2. The summed E-state index contributed by atoms with van der Waals surface area (Å²) < 4.78 is 0. The molecule has 0 saturated heterocycles. The van der Waals surface area contributed by atoms with Crippen molar-refractivity contribution in [2.45, 2.75) is 25.3 Å².